The summed E-state index contributed by atoms with van der Waals surface area (Å²) in [5.41, 5.74) is 2.35. The molecule has 1 heterocycles. The third kappa shape index (κ3) is 2.00. The van der Waals surface area contributed by atoms with Crippen LogP contribution in [0.2, 0.25) is 0 Å². The molecule has 1 aliphatic heterocycles. The van der Waals surface area contributed by atoms with Crippen molar-refractivity contribution in [3.8, 4) is 5.75 Å². The van der Waals surface area contributed by atoms with Crippen LogP contribution in [0.4, 0.5) is 5.69 Å². The lowest BCUT2D eigenvalue weighted by Gasteiger charge is -2.24. The van der Waals surface area contributed by atoms with E-state index in [-0.39, 0.29) is 12.0 Å². The van der Waals surface area contributed by atoms with Crippen molar-refractivity contribution in [3.63, 3.8) is 0 Å². The summed E-state index contributed by atoms with van der Waals surface area (Å²) < 4.78 is 5.43. The second kappa shape index (κ2) is 4.57. The number of methoxy groups -OCH3 is 1. The number of nitrogens with zero attached hydrogens (tertiary/aromatic N) is 1. The quantitative estimate of drug-likeness (QED) is 0.873. The van der Waals surface area contributed by atoms with Crippen molar-refractivity contribution in [3.05, 3.63) is 23.8 Å². The molecule has 17 heavy (non-hydrogen) atoms. The van der Waals surface area contributed by atoms with Gasteiger partial charge in [0.2, 0.25) is 0 Å². The Morgan fingerprint density at radius 1 is 1.35 bits per heavy atom. The first-order valence-corrected chi connectivity index (χ1v) is 6.17. The maximum absolute atomic E-state index is 9.94. The van der Waals surface area contributed by atoms with Crippen LogP contribution < -0.4 is 9.64 Å². The molecule has 0 bridgehead atoms. The van der Waals surface area contributed by atoms with Gasteiger partial charge in [0.15, 0.2) is 0 Å². The highest BCUT2D eigenvalue weighted by molar-refractivity contribution is 5.66. The van der Waals surface area contributed by atoms with Gasteiger partial charge in [-0.2, -0.15) is 0 Å². The minimum Gasteiger partial charge on any atom is -0.496 e. The number of ether oxygens (including phenoxy) is 1. The largest absolute Gasteiger partial charge is 0.496 e. The standard InChI is InChI=1S/C14H21NO2/c1-9(2)15-8-11(10(3)16)14-12(15)6-5-7-13(14)17-4/h5-7,9-11,16H,8H2,1-4H3. The zero-order valence-corrected chi connectivity index (χ0v) is 11.0. The van der Waals surface area contributed by atoms with Gasteiger partial charge in [0.25, 0.3) is 0 Å². The van der Waals surface area contributed by atoms with Crippen LogP contribution in [0.3, 0.4) is 0 Å². The molecule has 0 radical (unpaired) electrons. The van der Waals surface area contributed by atoms with Gasteiger partial charge in [0, 0.05) is 29.8 Å². The molecular weight excluding hydrogens is 214 g/mol. The van der Waals surface area contributed by atoms with Gasteiger partial charge in [-0.1, -0.05) is 6.07 Å². The maximum Gasteiger partial charge on any atom is 0.124 e. The minimum atomic E-state index is -0.353. The van der Waals surface area contributed by atoms with E-state index < -0.39 is 0 Å². The molecule has 3 heteroatoms. The molecule has 1 aromatic carbocycles. The number of hydrogen-bond donors (Lipinski definition) is 1. The zero-order chi connectivity index (χ0) is 12.6. The summed E-state index contributed by atoms with van der Waals surface area (Å²) >= 11 is 0. The van der Waals surface area contributed by atoms with E-state index in [2.05, 4.69) is 24.8 Å². The molecule has 2 rings (SSSR count). The van der Waals surface area contributed by atoms with Crippen LogP contribution in [0.15, 0.2) is 18.2 Å². The molecule has 2 unspecified atom stereocenters. The Balaban J connectivity index is 2.50. The lowest BCUT2D eigenvalue weighted by molar-refractivity contribution is 0.165. The Bertz CT molecular complexity index is 401. The van der Waals surface area contributed by atoms with E-state index in [0.29, 0.717) is 6.04 Å². The Morgan fingerprint density at radius 2 is 2.06 bits per heavy atom. The Morgan fingerprint density at radius 3 is 2.59 bits per heavy atom. The van der Waals surface area contributed by atoms with Crippen LogP contribution in [0, 0.1) is 0 Å². The first kappa shape index (κ1) is 12.2. The van der Waals surface area contributed by atoms with Crippen LogP contribution in [0.5, 0.6) is 5.75 Å². The summed E-state index contributed by atoms with van der Waals surface area (Å²) in [5, 5.41) is 9.94. The Hall–Kier alpha value is -1.22. The van der Waals surface area contributed by atoms with Gasteiger partial charge in [0.1, 0.15) is 5.75 Å². The van der Waals surface area contributed by atoms with Gasteiger partial charge in [-0.05, 0) is 32.9 Å². The molecule has 0 saturated heterocycles. The van der Waals surface area contributed by atoms with Crippen LogP contribution >= 0.6 is 0 Å². The van der Waals surface area contributed by atoms with E-state index in [1.807, 2.05) is 19.1 Å². The molecule has 1 aliphatic rings. The maximum atomic E-state index is 9.94. The average molecular weight is 235 g/mol. The Kier molecular flexibility index (Phi) is 3.29. The Labute approximate surface area is 103 Å². The molecule has 1 N–H and O–H groups in total. The van der Waals surface area contributed by atoms with E-state index >= 15 is 0 Å². The zero-order valence-electron chi connectivity index (χ0n) is 11.0. The normalized spacial score (nSPS) is 20.6. The predicted octanol–water partition coefficient (Wildman–Crippen LogP) is 2.39. The summed E-state index contributed by atoms with van der Waals surface area (Å²) in [6, 6.07) is 6.53. The SMILES string of the molecule is COc1cccc2c1C(C(C)O)CN2C(C)C. The van der Waals surface area contributed by atoms with Crippen molar-refractivity contribution in [2.45, 2.75) is 38.8 Å². The van der Waals surface area contributed by atoms with Crippen LogP contribution in [-0.2, 0) is 0 Å². The molecule has 0 saturated carbocycles. The molecule has 2 atom stereocenters. The van der Waals surface area contributed by atoms with Gasteiger partial charge >= 0.3 is 0 Å². The number of fused-ring (bicyclic) bond motifs is 1. The van der Waals surface area contributed by atoms with Crippen molar-refractivity contribution in [1.82, 2.24) is 0 Å². The molecule has 0 spiro atoms. The summed E-state index contributed by atoms with van der Waals surface area (Å²) in [5.74, 6) is 1.03. The van der Waals surface area contributed by atoms with Crippen molar-refractivity contribution in [2.75, 3.05) is 18.6 Å². The van der Waals surface area contributed by atoms with Crippen molar-refractivity contribution < 1.29 is 9.84 Å². The monoisotopic (exact) mass is 235 g/mol. The van der Waals surface area contributed by atoms with E-state index in [0.717, 1.165) is 17.9 Å². The summed E-state index contributed by atoms with van der Waals surface area (Å²) in [6.45, 7) is 7.07. The molecule has 0 aliphatic carbocycles. The van der Waals surface area contributed by atoms with Gasteiger partial charge in [-0.25, -0.2) is 0 Å². The highest BCUT2D eigenvalue weighted by atomic mass is 16.5. The smallest absolute Gasteiger partial charge is 0.124 e. The molecule has 1 aromatic rings. The molecule has 0 fully saturated rings. The van der Waals surface area contributed by atoms with Gasteiger partial charge in [-0.3, -0.25) is 0 Å². The number of rotatable bonds is 3. The number of anilines is 1. The van der Waals surface area contributed by atoms with Gasteiger partial charge < -0.3 is 14.7 Å². The van der Waals surface area contributed by atoms with Crippen LogP contribution in [0.1, 0.15) is 32.3 Å². The first-order valence-electron chi connectivity index (χ1n) is 6.17. The van der Waals surface area contributed by atoms with E-state index in [9.17, 15) is 5.11 Å². The second-order valence-electron chi connectivity index (χ2n) is 4.99. The first-order chi connectivity index (χ1) is 8.06. The number of benzene rings is 1. The average Bonchev–Trinajstić information content (AvgIpc) is 2.68. The van der Waals surface area contributed by atoms with E-state index in [4.69, 9.17) is 4.74 Å². The van der Waals surface area contributed by atoms with Crippen LogP contribution in [0.25, 0.3) is 0 Å². The molecule has 3 nitrogen and oxygen atoms in total. The lowest BCUT2D eigenvalue weighted by atomic mass is 9.95. The lowest BCUT2D eigenvalue weighted by Crippen LogP contribution is -2.31. The number of aliphatic hydroxyl groups is 1. The third-order valence-corrected chi connectivity index (χ3v) is 3.54. The summed E-state index contributed by atoms with van der Waals surface area (Å²) in [6.07, 6.45) is -0.353. The molecular formula is C14H21NO2. The summed E-state index contributed by atoms with van der Waals surface area (Å²) in [4.78, 5) is 2.33. The van der Waals surface area contributed by atoms with Gasteiger partial charge in [0.05, 0.1) is 13.2 Å². The topological polar surface area (TPSA) is 32.7 Å². The number of aliphatic hydroxyl groups excluding tert-OH is 1. The fourth-order valence-corrected chi connectivity index (χ4v) is 2.62. The van der Waals surface area contributed by atoms with Crippen LogP contribution in [-0.4, -0.2) is 30.9 Å². The predicted molar refractivity (Wildman–Crippen MR) is 69.9 cm³/mol. The van der Waals surface area contributed by atoms with Crippen molar-refractivity contribution in [1.29, 1.82) is 0 Å². The highest BCUT2D eigenvalue weighted by Gasteiger charge is 2.35. The fourth-order valence-electron chi connectivity index (χ4n) is 2.62. The number of hydrogen-bond acceptors (Lipinski definition) is 3. The minimum absolute atomic E-state index is 0.142. The third-order valence-electron chi connectivity index (χ3n) is 3.54. The van der Waals surface area contributed by atoms with E-state index in [1.165, 1.54) is 5.69 Å². The van der Waals surface area contributed by atoms with E-state index in [1.54, 1.807) is 7.11 Å². The van der Waals surface area contributed by atoms with Crippen molar-refractivity contribution in [2.24, 2.45) is 0 Å². The van der Waals surface area contributed by atoms with Crippen molar-refractivity contribution >= 4 is 5.69 Å². The summed E-state index contributed by atoms with van der Waals surface area (Å²) in [7, 11) is 1.69. The van der Waals surface area contributed by atoms with Gasteiger partial charge in [-0.15, -0.1) is 0 Å². The molecule has 0 aromatic heterocycles. The highest BCUT2D eigenvalue weighted by Crippen LogP contribution is 2.44. The molecule has 0 amide bonds. The second-order valence-corrected chi connectivity index (χ2v) is 4.99. The fraction of sp³-hybridized carbons (Fsp3) is 0.571. The molecule has 94 valence electrons.